The van der Waals surface area contributed by atoms with Crippen molar-refractivity contribution >= 4 is 22.6 Å². The summed E-state index contributed by atoms with van der Waals surface area (Å²) in [6.45, 7) is 3.48. The van der Waals surface area contributed by atoms with E-state index in [9.17, 15) is 4.79 Å². The van der Waals surface area contributed by atoms with E-state index in [1.54, 1.807) is 25.8 Å². The Hall–Kier alpha value is -2.84. The average Bonchev–Trinajstić information content (AvgIpc) is 3.18. The fourth-order valence-corrected chi connectivity index (χ4v) is 3.70. The SMILES string of the molecule is COCCN1CCC(C(=O)Nc2cc3nc(-c4cncn4C)ccc3cn2)CC1. The monoisotopic (exact) mass is 394 g/mol. The molecule has 4 rings (SSSR count). The maximum Gasteiger partial charge on any atom is 0.228 e. The van der Waals surface area contributed by atoms with Crippen LogP contribution in [0, 0.1) is 5.92 Å². The quantitative estimate of drug-likeness (QED) is 0.691. The Kier molecular flexibility index (Phi) is 5.82. The van der Waals surface area contributed by atoms with Crippen molar-refractivity contribution in [1.82, 2.24) is 24.4 Å². The Morgan fingerprint density at radius 3 is 2.83 bits per heavy atom. The van der Waals surface area contributed by atoms with Crippen molar-refractivity contribution in [2.24, 2.45) is 13.0 Å². The molecule has 0 radical (unpaired) electrons. The van der Waals surface area contributed by atoms with Gasteiger partial charge in [0.05, 0.1) is 36.0 Å². The zero-order chi connectivity index (χ0) is 20.2. The van der Waals surface area contributed by atoms with Crippen LogP contribution in [0.1, 0.15) is 12.8 Å². The molecule has 3 aromatic rings. The van der Waals surface area contributed by atoms with Gasteiger partial charge in [0, 0.05) is 44.3 Å². The highest BCUT2D eigenvalue weighted by atomic mass is 16.5. The lowest BCUT2D eigenvalue weighted by atomic mass is 9.96. The molecule has 0 saturated carbocycles. The lowest BCUT2D eigenvalue weighted by Crippen LogP contribution is -2.39. The Morgan fingerprint density at radius 2 is 2.10 bits per heavy atom. The van der Waals surface area contributed by atoms with Crippen LogP contribution in [0.5, 0.6) is 0 Å². The number of hydrogen-bond acceptors (Lipinski definition) is 6. The molecule has 8 nitrogen and oxygen atoms in total. The van der Waals surface area contributed by atoms with E-state index >= 15 is 0 Å². The summed E-state index contributed by atoms with van der Waals surface area (Å²) in [7, 11) is 3.65. The summed E-state index contributed by atoms with van der Waals surface area (Å²) in [5.41, 5.74) is 2.57. The van der Waals surface area contributed by atoms with Crippen molar-refractivity contribution in [3.63, 3.8) is 0 Å². The highest BCUT2D eigenvalue weighted by Gasteiger charge is 2.25. The van der Waals surface area contributed by atoms with E-state index in [1.165, 1.54) is 0 Å². The van der Waals surface area contributed by atoms with E-state index in [0.717, 1.165) is 61.4 Å². The highest BCUT2D eigenvalue weighted by molar-refractivity contribution is 5.93. The first kappa shape index (κ1) is 19.5. The summed E-state index contributed by atoms with van der Waals surface area (Å²) in [5, 5.41) is 3.91. The number of fused-ring (bicyclic) bond motifs is 1. The highest BCUT2D eigenvalue weighted by Crippen LogP contribution is 2.23. The van der Waals surface area contributed by atoms with Crippen molar-refractivity contribution in [3.05, 3.63) is 36.9 Å². The van der Waals surface area contributed by atoms with Crippen LogP contribution in [0.2, 0.25) is 0 Å². The molecule has 1 saturated heterocycles. The van der Waals surface area contributed by atoms with Gasteiger partial charge in [0.1, 0.15) is 5.82 Å². The van der Waals surface area contributed by atoms with Gasteiger partial charge in [-0.3, -0.25) is 4.79 Å². The Bertz CT molecular complexity index is 994. The molecule has 29 heavy (non-hydrogen) atoms. The molecule has 4 heterocycles. The number of aryl methyl sites for hydroxylation is 1. The summed E-state index contributed by atoms with van der Waals surface area (Å²) in [5.74, 6) is 0.588. The molecule has 0 spiro atoms. The van der Waals surface area contributed by atoms with E-state index in [4.69, 9.17) is 9.72 Å². The van der Waals surface area contributed by atoms with Gasteiger partial charge in [-0.05, 0) is 38.1 Å². The van der Waals surface area contributed by atoms with Crippen molar-refractivity contribution in [2.45, 2.75) is 12.8 Å². The number of nitrogens with zero attached hydrogens (tertiary/aromatic N) is 5. The van der Waals surface area contributed by atoms with Gasteiger partial charge >= 0.3 is 0 Å². The first-order valence-corrected chi connectivity index (χ1v) is 9.89. The largest absolute Gasteiger partial charge is 0.383 e. The summed E-state index contributed by atoms with van der Waals surface area (Å²) < 4.78 is 7.06. The lowest BCUT2D eigenvalue weighted by molar-refractivity contribution is -0.121. The van der Waals surface area contributed by atoms with Crippen molar-refractivity contribution < 1.29 is 9.53 Å². The first-order chi connectivity index (χ1) is 14.1. The minimum absolute atomic E-state index is 0.0139. The Labute approximate surface area is 169 Å². The second-order valence-corrected chi connectivity index (χ2v) is 7.45. The van der Waals surface area contributed by atoms with Crippen LogP contribution in [0.3, 0.4) is 0 Å². The lowest BCUT2D eigenvalue weighted by Gasteiger charge is -2.30. The maximum atomic E-state index is 12.7. The van der Waals surface area contributed by atoms with E-state index in [-0.39, 0.29) is 11.8 Å². The van der Waals surface area contributed by atoms with Crippen LogP contribution in [-0.4, -0.2) is 63.7 Å². The summed E-state index contributed by atoms with van der Waals surface area (Å²) in [6, 6.07) is 5.77. The molecule has 8 heteroatoms. The number of pyridine rings is 2. The number of hydrogen-bond donors (Lipinski definition) is 1. The number of nitrogens with one attached hydrogen (secondary N) is 1. The maximum absolute atomic E-state index is 12.7. The molecule has 3 aromatic heterocycles. The van der Waals surface area contributed by atoms with Crippen LogP contribution in [0.25, 0.3) is 22.3 Å². The third kappa shape index (κ3) is 4.44. The van der Waals surface area contributed by atoms with Crippen LogP contribution in [0.15, 0.2) is 36.9 Å². The number of carbonyl (C=O) groups is 1. The minimum Gasteiger partial charge on any atom is -0.383 e. The standard InChI is InChI=1S/C21H26N6O2/c1-26-14-22-13-19(26)17-4-3-16-12-23-20(11-18(16)24-17)25-21(28)15-5-7-27(8-6-15)9-10-29-2/h3-4,11-15H,5-10H2,1-2H3,(H,23,25,28). The van der Waals surface area contributed by atoms with Crippen molar-refractivity contribution in [3.8, 4) is 11.4 Å². The molecular weight excluding hydrogens is 368 g/mol. The topological polar surface area (TPSA) is 85.2 Å². The molecule has 0 bridgehead atoms. The second kappa shape index (κ2) is 8.67. The number of amides is 1. The van der Waals surface area contributed by atoms with Gasteiger partial charge in [-0.15, -0.1) is 0 Å². The van der Waals surface area contributed by atoms with E-state index in [2.05, 4.69) is 20.2 Å². The van der Waals surface area contributed by atoms with E-state index < -0.39 is 0 Å². The third-order valence-electron chi connectivity index (χ3n) is 5.47. The van der Waals surface area contributed by atoms with E-state index in [0.29, 0.717) is 5.82 Å². The summed E-state index contributed by atoms with van der Waals surface area (Å²) in [4.78, 5) is 28.3. The van der Waals surface area contributed by atoms with E-state index in [1.807, 2.05) is 29.8 Å². The molecule has 152 valence electrons. The predicted octanol–water partition coefficient (Wildman–Crippen LogP) is 2.33. The van der Waals surface area contributed by atoms with Gasteiger partial charge in [0.2, 0.25) is 5.91 Å². The molecule has 1 N–H and O–H groups in total. The second-order valence-electron chi connectivity index (χ2n) is 7.45. The van der Waals surface area contributed by atoms with Gasteiger partial charge in [0.15, 0.2) is 0 Å². The summed E-state index contributed by atoms with van der Waals surface area (Å²) >= 11 is 0. The van der Waals surface area contributed by atoms with Crippen molar-refractivity contribution in [2.75, 3.05) is 38.7 Å². The van der Waals surface area contributed by atoms with Crippen LogP contribution >= 0.6 is 0 Å². The number of methoxy groups -OCH3 is 1. The van der Waals surface area contributed by atoms with Gasteiger partial charge in [-0.25, -0.2) is 15.0 Å². The predicted molar refractivity (Wildman–Crippen MR) is 111 cm³/mol. The fourth-order valence-electron chi connectivity index (χ4n) is 3.70. The van der Waals surface area contributed by atoms with Crippen LogP contribution in [-0.2, 0) is 16.6 Å². The van der Waals surface area contributed by atoms with Gasteiger partial charge in [-0.2, -0.15) is 0 Å². The number of aromatic nitrogens is 4. The number of rotatable bonds is 6. The zero-order valence-electron chi connectivity index (χ0n) is 16.8. The normalized spacial score (nSPS) is 15.7. The molecule has 0 atom stereocenters. The number of imidazole rings is 1. The smallest absolute Gasteiger partial charge is 0.228 e. The molecule has 0 aromatic carbocycles. The van der Waals surface area contributed by atoms with Gasteiger partial charge in [-0.1, -0.05) is 0 Å². The Balaban J connectivity index is 1.44. The Morgan fingerprint density at radius 1 is 1.28 bits per heavy atom. The molecular formula is C21H26N6O2. The molecule has 0 unspecified atom stereocenters. The van der Waals surface area contributed by atoms with Gasteiger partial charge < -0.3 is 19.5 Å². The first-order valence-electron chi connectivity index (χ1n) is 9.89. The molecule has 1 aliphatic heterocycles. The van der Waals surface area contributed by atoms with Crippen LogP contribution in [0.4, 0.5) is 5.82 Å². The molecule has 0 aliphatic carbocycles. The number of likely N-dealkylation sites (tertiary alicyclic amines) is 1. The van der Waals surface area contributed by atoms with Crippen molar-refractivity contribution in [1.29, 1.82) is 0 Å². The number of ether oxygens (including phenoxy) is 1. The number of carbonyl (C=O) groups excluding carboxylic acids is 1. The average molecular weight is 394 g/mol. The summed E-state index contributed by atoms with van der Waals surface area (Å²) in [6.07, 6.45) is 6.99. The fraction of sp³-hybridized carbons (Fsp3) is 0.429. The third-order valence-corrected chi connectivity index (χ3v) is 5.47. The van der Waals surface area contributed by atoms with Gasteiger partial charge in [0.25, 0.3) is 0 Å². The molecule has 1 fully saturated rings. The number of anilines is 1. The molecule has 1 amide bonds. The minimum atomic E-state index is 0.0139. The molecule has 1 aliphatic rings. The number of piperidine rings is 1. The zero-order valence-corrected chi connectivity index (χ0v) is 16.8. The van der Waals surface area contributed by atoms with Crippen LogP contribution < -0.4 is 5.32 Å².